The fourth-order valence-electron chi connectivity index (χ4n) is 5.10. The Morgan fingerprint density at radius 1 is 0.818 bits per heavy atom. The van der Waals surface area contributed by atoms with Gasteiger partial charge >= 0.3 is 0 Å². The quantitative estimate of drug-likeness (QED) is 0.163. The Hall–Kier alpha value is -3.51. The van der Waals surface area contributed by atoms with Crippen LogP contribution in [0.3, 0.4) is 0 Å². The second kappa shape index (κ2) is 12.8. The number of ether oxygens (including phenoxy) is 6. The fraction of sp³-hybridized carbons (Fsp3) is 0.483. The van der Waals surface area contributed by atoms with Gasteiger partial charge < -0.3 is 68.6 Å². The molecule has 0 spiro atoms. The van der Waals surface area contributed by atoms with E-state index in [9.17, 15) is 40.5 Å². The predicted molar refractivity (Wildman–Crippen MR) is 148 cm³/mol. The number of aliphatic hydroxyl groups is 6. The number of benzene rings is 2. The Bertz CT molecular complexity index is 1510. The molecule has 44 heavy (non-hydrogen) atoms. The van der Waals surface area contributed by atoms with Gasteiger partial charge in [-0.2, -0.15) is 0 Å². The van der Waals surface area contributed by atoms with Gasteiger partial charge in [0.1, 0.15) is 65.7 Å². The molecule has 7 N–H and O–H groups in total. The summed E-state index contributed by atoms with van der Waals surface area (Å²) in [6.45, 7) is 0.950. The number of aromatic hydroxyl groups is 1. The van der Waals surface area contributed by atoms with Crippen molar-refractivity contribution in [2.45, 2.75) is 68.3 Å². The third-order valence-electron chi connectivity index (χ3n) is 7.71. The highest BCUT2D eigenvalue weighted by Crippen LogP contribution is 2.43. The van der Waals surface area contributed by atoms with Gasteiger partial charge in [0.05, 0.1) is 32.5 Å². The molecule has 2 aliphatic rings. The smallest absolute Gasteiger partial charge is 0.229 e. The average molecular weight is 623 g/mol. The van der Waals surface area contributed by atoms with E-state index >= 15 is 0 Å². The van der Waals surface area contributed by atoms with Gasteiger partial charge in [0.15, 0.2) is 17.8 Å². The Labute approximate surface area is 249 Å². The summed E-state index contributed by atoms with van der Waals surface area (Å²) >= 11 is 0. The normalized spacial score (nSPS) is 32.4. The fourth-order valence-corrected chi connectivity index (χ4v) is 5.10. The van der Waals surface area contributed by atoms with Gasteiger partial charge in [0, 0.05) is 6.07 Å². The number of fused-ring (bicyclic) bond motifs is 1. The number of aliphatic hydroxyl groups excluding tert-OH is 6. The molecular formula is C29H34O15. The Morgan fingerprint density at radius 3 is 2.14 bits per heavy atom. The van der Waals surface area contributed by atoms with Crippen LogP contribution in [0.5, 0.6) is 23.0 Å². The van der Waals surface area contributed by atoms with Crippen LogP contribution in [0.25, 0.3) is 22.1 Å². The first kappa shape index (κ1) is 31.9. The van der Waals surface area contributed by atoms with Crippen LogP contribution in [0.4, 0.5) is 0 Å². The molecule has 2 saturated heterocycles. The summed E-state index contributed by atoms with van der Waals surface area (Å²) in [6.07, 6.45) is -13.9. The molecule has 3 heterocycles. The molecule has 15 heteroatoms. The van der Waals surface area contributed by atoms with E-state index in [1.807, 2.05) is 0 Å². The standard InChI is InChI=1S/C29H34O15/c1-11-19(30)23(34)25(36)28(42-11)41-10-17-21(32)24(35)26(37)29(44-17)43-16-8-15-18(22(33)27(16)39-3)20(31)14(9-40-15)12-4-6-13(38-2)7-5-12/h4-9,11,17,19,21,23-26,28-30,32-37H,10H2,1-3H3/t11-,17-,19-,21-,23+,24+,25+,26-,28+,29-/m1/s1. The van der Waals surface area contributed by atoms with E-state index in [1.54, 1.807) is 24.3 Å². The molecule has 0 amide bonds. The molecule has 0 saturated carbocycles. The highest BCUT2D eigenvalue weighted by Gasteiger charge is 2.47. The molecule has 1 aromatic heterocycles. The van der Waals surface area contributed by atoms with Crippen molar-refractivity contribution in [3.63, 3.8) is 0 Å². The summed E-state index contributed by atoms with van der Waals surface area (Å²) in [6, 6.07) is 7.85. The highest BCUT2D eigenvalue weighted by molar-refractivity contribution is 5.91. The van der Waals surface area contributed by atoms with E-state index in [0.717, 1.165) is 0 Å². The van der Waals surface area contributed by atoms with Crippen LogP contribution in [-0.2, 0) is 14.2 Å². The van der Waals surface area contributed by atoms with Gasteiger partial charge in [-0.1, -0.05) is 12.1 Å². The molecular weight excluding hydrogens is 588 g/mol. The number of methoxy groups -OCH3 is 2. The summed E-state index contributed by atoms with van der Waals surface area (Å²) in [5, 5.41) is 72.6. The summed E-state index contributed by atoms with van der Waals surface area (Å²) in [7, 11) is 2.71. The topological polar surface area (TPSA) is 227 Å². The lowest BCUT2D eigenvalue weighted by Gasteiger charge is -2.42. The summed E-state index contributed by atoms with van der Waals surface area (Å²) in [4.78, 5) is 13.4. The van der Waals surface area contributed by atoms with Crippen molar-refractivity contribution in [2.75, 3.05) is 20.8 Å². The third-order valence-corrected chi connectivity index (χ3v) is 7.71. The van der Waals surface area contributed by atoms with E-state index in [2.05, 4.69) is 0 Å². The molecule has 2 aliphatic heterocycles. The van der Waals surface area contributed by atoms with Crippen LogP contribution in [-0.4, -0.2) is 118 Å². The third kappa shape index (κ3) is 5.81. The molecule has 10 atom stereocenters. The van der Waals surface area contributed by atoms with Crippen molar-refractivity contribution in [2.24, 2.45) is 0 Å². The first-order chi connectivity index (χ1) is 21.0. The minimum Gasteiger partial charge on any atom is -0.504 e. The number of hydrogen-bond donors (Lipinski definition) is 7. The Balaban J connectivity index is 1.39. The zero-order valence-electron chi connectivity index (χ0n) is 23.8. The summed E-state index contributed by atoms with van der Waals surface area (Å²) in [5.74, 6) is -0.576. The highest BCUT2D eigenvalue weighted by atomic mass is 16.7. The van der Waals surface area contributed by atoms with Crippen LogP contribution >= 0.6 is 0 Å². The molecule has 0 unspecified atom stereocenters. The molecule has 2 fully saturated rings. The zero-order valence-corrected chi connectivity index (χ0v) is 23.8. The minimum absolute atomic E-state index is 0.0929. The van der Waals surface area contributed by atoms with E-state index in [1.165, 1.54) is 33.5 Å². The van der Waals surface area contributed by atoms with E-state index in [4.69, 9.17) is 32.8 Å². The maximum Gasteiger partial charge on any atom is 0.229 e. The molecule has 3 aromatic rings. The summed E-state index contributed by atoms with van der Waals surface area (Å²) in [5.41, 5.74) is -0.00112. The predicted octanol–water partition coefficient (Wildman–Crippen LogP) is -0.787. The maximum absolute atomic E-state index is 13.4. The molecule has 5 rings (SSSR count). The largest absolute Gasteiger partial charge is 0.504 e. The second-order valence-electron chi connectivity index (χ2n) is 10.5. The lowest BCUT2D eigenvalue weighted by atomic mass is 9.98. The molecule has 240 valence electrons. The molecule has 2 aromatic carbocycles. The Kier molecular flexibility index (Phi) is 9.31. The van der Waals surface area contributed by atoms with Gasteiger partial charge in [-0.3, -0.25) is 4.79 Å². The van der Waals surface area contributed by atoms with Gasteiger partial charge in [0.2, 0.25) is 17.5 Å². The maximum atomic E-state index is 13.4. The first-order valence-corrected chi connectivity index (χ1v) is 13.6. The molecule has 15 nitrogen and oxygen atoms in total. The minimum atomic E-state index is -1.80. The lowest BCUT2D eigenvalue weighted by molar-refractivity contribution is -0.318. The van der Waals surface area contributed by atoms with E-state index < -0.39 is 79.2 Å². The zero-order chi connectivity index (χ0) is 31.9. The van der Waals surface area contributed by atoms with Crippen molar-refractivity contribution in [1.82, 2.24) is 0 Å². The van der Waals surface area contributed by atoms with Gasteiger partial charge in [-0.05, 0) is 24.6 Å². The van der Waals surface area contributed by atoms with Gasteiger partial charge in [-0.15, -0.1) is 0 Å². The monoisotopic (exact) mass is 622 g/mol. The van der Waals surface area contributed by atoms with Crippen LogP contribution in [0.2, 0.25) is 0 Å². The first-order valence-electron chi connectivity index (χ1n) is 13.6. The van der Waals surface area contributed by atoms with Crippen molar-refractivity contribution in [3.05, 3.63) is 46.8 Å². The number of rotatable bonds is 8. The summed E-state index contributed by atoms with van der Waals surface area (Å²) < 4.78 is 38.4. The van der Waals surface area contributed by atoms with Crippen LogP contribution in [0.15, 0.2) is 45.8 Å². The number of phenols is 1. The van der Waals surface area contributed by atoms with Crippen LogP contribution in [0.1, 0.15) is 6.92 Å². The average Bonchev–Trinajstić information content (AvgIpc) is 3.02. The molecule has 0 aliphatic carbocycles. The SMILES string of the molecule is COc1ccc(-c2coc3cc(O[C@@H]4O[C@H](CO[C@H]5O[C@H](C)[C@@H](O)[C@H](O)[C@@H]5O)[C@@H](O)[C@H](O)[C@H]4O)c(OC)c(O)c3c2=O)cc1. The van der Waals surface area contributed by atoms with Crippen molar-refractivity contribution in [1.29, 1.82) is 0 Å². The van der Waals surface area contributed by atoms with Gasteiger partial charge in [-0.25, -0.2) is 0 Å². The second-order valence-corrected chi connectivity index (χ2v) is 10.5. The van der Waals surface area contributed by atoms with Crippen molar-refractivity contribution >= 4 is 11.0 Å². The number of hydrogen-bond acceptors (Lipinski definition) is 15. The molecule has 0 radical (unpaired) electrons. The van der Waals surface area contributed by atoms with Crippen molar-refractivity contribution in [3.8, 4) is 34.1 Å². The van der Waals surface area contributed by atoms with E-state index in [-0.39, 0.29) is 28.0 Å². The van der Waals surface area contributed by atoms with Crippen molar-refractivity contribution < 1.29 is 68.6 Å². The number of phenolic OH excluding ortho intramolecular Hbond substituents is 1. The van der Waals surface area contributed by atoms with Gasteiger partial charge in [0.25, 0.3) is 0 Å². The molecule has 0 bridgehead atoms. The van der Waals surface area contributed by atoms with E-state index in [0.29, 0.717) is 11.3 Å². The van der Waals surface area contributed by atoms with Crippen LogP contribution < -0.4 is 19.6 Å². The lowest BCUT2D eigenvalue weighted by Crippen LogP contribution is -2.61. The Morgan fingerprint density at radius 2 is 1.48 bits per heavy atom. The van der Waals surface area contributed by atoms with Crippen LogP contribution in [0, 0.1) is 0 Å².